The lowest BCUT2D eigenvalue weighted by atomic mass is 10.1. The summed E-state index contributed by atoms with van der Waals surface area (Å²) in [6, 6.07) is 5.28. The molecule has 0 aliphatic heterocycles. The molecule has 1 aromatic carbocycles. The van der Waals surface area contributed by atoms with Gasteiger partial charge in [-0.3, -0.25) is 19.6 Å². The minimum absolute atomic E-state index is 0. The molecule has 0 saturated heterocycles. The van der Waals surface area contributed by atoms with Gasteiger partial charge in [-0.15, -0.1) is 0 Å². The first-order chi connectivity index (χ1) is 13.4. The van der Waals surface area contributed by atoms with Crippen LogP contribution in [0.25, 0.3) is 10.9 Å². The molecule has 0 unspecified atom stereocenters. The molecule has 1 aliphatic rings. The average molecular weight is 386 g/mol. The maximum Gasteiger partial charge on any atom is 0.252 e. The molecular weight excluding hydrogens is 359 g/mol. The lowest BCUT2D eigenvalue weighted by Crippen LogP contribution is -2.30. The molecule has 0 bridgehead atoms. The minimum Gasteiger partial charge on any atom is -0.348 e. The average Bonchev–Trinajstić information content (AvgIpc) is 3.52. The monoisotopic (exact) mass is 386 g/mol. The highest BCUT2D eigenvalue weighted by Gasteiger charge is 2.14. The lowest BCUT2D eigenvalue weighted by molar-refractivity contribution is -0.121. The number of carbonyl (C=O) groups excluding carboxylic acids is 1. The van der Waals surface area contributed by atoms with Crippen molar-refractivity contribution in [2.75, 3.05) is 0 Å². The first-order valence-electron chi connectivity index (χ1n) is 9.32. The molecule has 1 amide bonds. The summed E-state index contributed by atoms with van der Waals surface area (Å²) < 4.78 is 13.3. The third-order valence-corrected chi connectivity index (χ3v) is 4.21. The van der Waals surface area contributed by atoms with Crippen molar-refractivity contribution >= 4 is 16.8 Å². The molecular formula is C21H27FN4O2. The van der Waals surface area contributed by atoms with Crippen molar-refractivity contribution in [2.24, 2.45) is 0 Å². The number of carbonyl (C=O) groups is 1. The third kappa shape index (κ3) is 5.45. The Hall–Kier alpha value is -3.09. The molecule has 6 nitrogen and oxygen atoms in total. The molecule has 3 aromatic rings. The number of fused-ring (bicyclic) bond motifs is 1. The maximum atomic E-state index is 13.3. The fourth-order valence-corrected chi connectivity index (χ4v) is 2.52. The quantitative estimate of drug-likeness (QED) is 0.713. The Labute approximate surface area is 165 Å². The van der Waals surface area contributed by atoms with Crippen molar-refractivity contribution in [2.45, 2.75) is 45.6 Å². The molecule has 0 spiro atoms. The summed E-state index contributed by atoms with van der Waals surface area (Å²) in [5.74, 6) is -0.724. The van der Waals surface area contributed by atoms with Crippen molar-refractivity contribution in [1.82, 2.24) is 20.3 Å². The summed E-state index contributed by atoms with van der Waals surface area (Å²) in [6.07, 6.45) is 7.62. The van der Waals surface area contributed by atoms with Gasteiger partial charge in [0.25, 0.3) is 5.56 Å². The van der Waals surface area contributed by atoms with E-state index in [-0.39, 0.29) is 32.3 Å². The van der Waals surface area contributed by atoms with E-state index in [9.17, 15) is 14.0 Å². The van der Waals surface area contributed by atoms with Crippen LogP contribution >= 0.6 is 0 Å². The Morgan fingerprint density at radius 2 is 2.00 bits per heavy atom. The summed E-state index contributed by atoms with van der Waals surface area (Å²) >= 11 is 0. The van der Waals surface area contributed by atoms with E-state index in [1.807, 2.05) is 6.92 Å². The van der Waals surface area contributed by atoms with Crippen molar-refractivity contribution in [1.29, 1.82) is 0 Å². The Morgan fingerprint density at radius 3 is 2.64 bits per heavy atom. The molecule has 2 heterocycles. The van der Waals surface area contributed by atoms with Crippen LogP contribution in [-0.2, 0) is 11.2 Å². The van der Waals surface area contributed by atoms with Gasteiger partial charge in [0.1, 0.15) is 5.82 Å². The van der Waals surface area contributed by atoms with Gasteiger partial charge in [-0.2, -0.15) is 0 Å². The first-order valence-corrected chi connectivity index (χ1v) is 9.32. The van der Waals surface area contributed by atoms with Gasteiger partial charge in [0.15, 0.2) is 0 Å². The highest BCUT2D eigenvalue weighted by Crippen LogP contribution is 2.15. The largest absolute Gasteiger partial charge is 0.348 e. The molecule has 1 saturated carbocycles. The van der Waals surface area contributed by atoms with Gasteiger partial charge in [0.2, 0.25) is 5.91 Å². The van der Waals surface area contributed by atoms with E-state index >= 15 is 0 Å². The Bertz CT molecular complexity index is 1040. The highest BCUT2D eigenvalue weighted by atomic mass is 19.1. The number of nitrogens with zero attached hydrogens (tertiary/aromatic N) is 2. The van der Waals surface area contributed by atoms with Crippen LogP contribution in [0.15, 0.2) is 41.5 Å². The number of aromatic amines is 1. The minimum atomic E-state index is -0.401. The molecule has 28 heavy (non-hydrogen) atoms. The molecule has 150 valence electrons. The summed E-state index contributed by atoms with van der Waals surface area (Å²) in [5.41, 5.74) is 1.86. The molecule has 1 atom stereocenters. The number of H-pyrrole nitrogens is 1. The van der Waals surface area contributed by atoms with Gasteiger partial charge >= 0.3 is 0 Å². The zero-order valence-electron chi connectivity index (χ0n) is 16.0. The van der Waals surface area contributed by atoms with Crippen LogP contribution in [0.4, 0.5) is 4.39 Å². The molecule has 2 N–H and O–H groups in total. The number of pyridine rings is 1. The summed E-state index contributed by atoms with van der Waals surface area (Å²) in [4.78, 5) is 35.3. The highest BCUT2D eigenvalue weighted by molar-refractivity contribution is 5.82. The van der Waals surface area contributed by atoms with E-state index in [4.69, 9.17) is 0 Å². The topological polar surface area (TPSA) is 87.7 Å². The third-order valence-electron chi connectivity index (χ3n) is 4.21. The fraction of sp³-hybridized carbons (Fsp3) is 0.333. The smallest absolute Gasteiger partial charge is 0.252 e. The van der Waals surface area contributed by atoms with E-state index in [0.29, 0.717) is 16.6 Å². The second-order valence-electron chi connectivity index (χ2n) is 6.96. The van der Waals surface area contributed by atoms with E-state index < -0.39 is 5.82 Å². The van der Waals surface area contributed by atoms with Gasteiger partial charge in [0.05, 0.1) is 30.0 Å². The van der Waals surface area contributed by atoms with Crippen LogP contribution in [0.1, 0.15) is 52.0 Å². The first kappa shape index (κ1) is 19.7. The van der Waals surface area contributed by atoms with Gasteiger partial charge < -0.3 is 10.3 Å². The number of halogens is 1. The van der Waals surface area contributed by atoms with Crippen molar-refractivity contribution in [3.05, 3.63) is 69.8 Å². The number of hydrogen-bond acceptors (Lipinski definition) is 4. The van der Waals surface area contributed by atoms with Gasteiger partial charge in [-0.25, -0.2) is 4.39 Å². The molecule has 1 fully saturated rings. The van der Waals surface area contributed by atoms with Crippen LogP contribution in [0, 0.1) is 12.7 Å². The van der Waals surface area contributed by atoms with Crippen LogP contribution in [0.3, 0.4) is 0 Å². The zero-order valence-corrected chi connectivity index (χ0v) is 16.0. The Kier molecular flexibility index (Phi) is 6.13. The molecule has 7 heteroatoms. The number of hydrogen-bond donors (Lipinski definition) is 2. The van der Waals surface area contributed by atoms with Gasteiger partial charge in [0, 0.05) is 25.5 Å². The molecule has 4 rings (SSSR count). The molecule has 2 aromatic heterocycles. The molecule has 1 aliphatic carbocycles. The summed E-state index contributed by atoms with van der Waals surface area (Å²) in [5, 5.41) is 3.32. The number of amides is 1. The Balaban J connectivity index is 0.000000827. The second-order valence-corrected chi connectivity index (χ2v) is 6.96. The SMILES string of the molecule is C1CC1.Cc1cnc([C@H](C)NC(=O)Cc2cc3cc(F)ccc3[nH]c2=O)cn1.[HH].[HH]. The summed E-state index contributed by atoms with van der Waals surface area (Å²) in [7, 11) is 0. The van der Waals surface area contributed by atoms with Crippen LogP contribution < -0.4 is 10.9 Å². The normalized spacial score (nSPS) is 13.4. The van der Waals surface area contributed by atoms with Crippen molar-refractivity contribution in [3.8, 4) is 0 Å². The van der Waals surface area contributed by atoms with Crippen molar-refractivity contribution < 1.29 is 12.0 Å². The Morgan fingerprint density at radius 1 is 1.25 bits per heavy atom. The van der Waals surface area contributed by atoms with Gasteiger partial charge in [-0.1, -0.05) is 19.3 Å². The predicted molar refractivity (Wildman–Crippen MR) is 110 cm³/mol. The fourth-order valence-electron chi connectivity index (χ4n) is 2.52. The van der Waals surface area contributed by atoms with Crippen LogP contribution in [0.5, 0.6) is 0 Å². The predicted octanol–water partition coefficient (Wildman–Crippen LogP) is 3.85. The standard InChI is InChI=1S/C18H17FN4O2.C3H6.2H2/c1-10-8-21-16(9-20-10)11(2)22-17(24)7-13-5-12-6-14(19)3-4-15(12)23-18(13)25;1-2-3-1;;/h3-6,8-9,11H,7H2,1-2H3,(H,22,24)(H,23,25);1-3H2;2*1H/t11-;;;/m0.../s1. The number of aryl methyl sites for hydroxylation is 1. The maximum absolute atomic E-state index is 13.3. The van der Waals surface area contributed by atoms with E-state index in [1.165, 1.54) is 43.5 Å². The lowest BCUT2D eigenvalue weighted by Gasteiger charge is -2.13. The van der Waals surface area contributed by atoms with Gasteiger partial charge in [-0.05, 0) is 38.1 Å². The van der Waals surface area contributed by atoms with E-state index in [1.54, 1.807) is 19.3 Å². The number of aromatic nitrogens is 3. The number of rotatable bonds is 4. The number of benzene rings is 1. The van der Waals surface area contributed by atoms with Crippen LogP contribution in [-0.4, -0.2) is 20.9 Å². The summed E-state index contributed by atoms with van der Waals surface area (Å²) in [6.45, 7) is 3.62. The number of nitrogens with one attached hydrogen (secondary N) is 2. The van der Waals surface area contributed by atoms with Crippen LogP contribution in [0.2, 0.25) is 0 Å². The van der Waals surface area contributed by atoms with E-state index in [0.717, 1.165) is 5.69 Å². The zero-order chi connectivity index (χ0) is 20.1. The van der Waals surface area contributed by atoms with Crippen molar-refractivity contribution in [3.63, 3.8) is 0 Å². The second kappa shape index (κ2) is 8.73. The molecule has 0 radical (unpaired) electrons. The van der Waals surface area contributed by atoms with E-state index in [2.05, 4.69) is 20.3 Å².